The predicted octanol–water partition coefficient (Wildman–Crippen LogP) is -0.532. The fraction of sp³-hybridized carbons (Fsp3) is 0.800. The number of aliphatic hydroxyl groups is 1. The SMILES string of the molecule is COC[C@@H](O)CC(=O)O. The zero-order valence-corrected chi connectivity index (χ0v) is 5.20. The first-order valence-corrected chi connectivity index (χ1v) is 2.55. The minimum Gasteiger partial charge on any atom is -0.481 e. The van der Waals surface area contributed by atoms with Gasteiger partial charge in [0.2, 0.25) is 0 Å². The van der Waals surface area contributed by atoms with Gasteiger partial charge in [-0.05, 0) is 0 Å². The lowest BCUT2D eigenvalue weighted by atomic mass is 10.3. The molecule has 54 valence electrons. The van der Waals surface area contributed by atoms with Crippen molar-refractivity contribution < 1.29 is 19.7 Å². The second-order valence-electron chi connectivity index (χ2n) is 1.71. The number of hydrogen-bond acceptors (Lipinski definition) is 3. The third-order valence-electron chi connectivity index (χ3n) is 0.769. The topological polar surface area (TPSA) is 66.8 Å². The molecule has 0 unspecified atom stereocenters. The number of ether oxygens (including phenoxy) is 1. The Morgan fingerprint density at radius 3 is 2.67 bits per heavy atom. The van der Waals surface area contributed by atoms with Crippen LogP contribution >= 0.6 is 0 Å². The van der Waals surface area contributed by atoms with Crippen LogP contribution in [0.25, 0.3) is 0 Å². The number of carbonyl (C=O) groups is 1. The number of aliphatic hydroxyl groups excluding tert-OH is 1. The summed E-state index contributed by atoms with van der Waals surface area (Å²) in [6, 6.07) is 0. The first-order chi connectivity index (χ1) is 4.16. The van der Waals surface area contributed by atoms with Gasteiger partial charge in [0.05, 0.1) is 19.1 Å². The Bertz CT molecular complexity index is 91.0. The maximum Gasteiger partial charge on any atom is 0.306 e. The average molecular weight is 134 g/mol. The van der Waals surface area contributed by atoms with Gasteiger partial charge in [-0.15, -0.1) is 0 Å². The van der Waals surface area contributed by atoms with E-state index in [1.54, 1.807) is 0 Å². The standard InChI is InChI=1S/C5H10O4/c1-9-3-4(6)2-5(7)8/h4,6H,2-3H2,1H3,(H,7,8)/t4-/m0/s1. The van der Waals surface area contributed by atoms with Crippen LogP contribution in [0.4, 0.5) is 0 Å². The monoisotopic (exact) mass is 134 g/mol. The van der Waals surface area contributed by atoms with Crippen molar-refractivity contribution in [3.63, 3.8) is 0 Å². The van der Waals surface area contributed by atoms with Gasteiger partial charge in [-0.2, -0.15) is 0 Å². The van der Waals surface area contributed by atoms with Gasteiger partial charge in [-0.25, -0.2) is 0 Å². The summed E-state index contributed by atoms with van der Waals surface area (Å²) in [5, 5.41) is 16.8. The van der Waals surface area contributed by atoms with E-state index in [1.807, 2.05) is 0 Å². The van der Waals surface area contributed by atoms with Crippen LogP contribution in [-0.2, 0) is 9.53 Å². The summed E-state index contributed by atoms with van der Waals surface area (Å²) >= 11 is 0. The van der Waals surface area contributed by atoms with Gasteiger partial charge in [0.15, 0.2) is 0 Å². The fourth-order valence-corrected chi connectivity index (χ4v) is 0.453. The van der Waals surface area contributed by atoms with Crippen molar-refractivity contribution in [2.45, 2.75) is 12.5 Å². The minimum absolute atomic E-state index is 0.0757. The molecule has 0 aromatic heterocycles. The molecule has 0 rings (SSSR count). The molecule has 0 aromatic carbocycles. The number of rotatable bonds is 4. The molecule has 0 heterocycles. The molecule has 4 nitrogen and oxygen atoms in total. The molecule has 0 aliphatic carbocycles. The van der Waals surface area contributed by atoms with E-state index < -0.39 is 12.1 Å². The summed E-state index contributed by atoms with van der Waals surface area (Å²) in [5.74, 6) is -1.01. The molecule has 0 bridgehead atoms. The lowest BCUT2D eigenvalue weighted by Gasteiger charge is -2.03. The number of aliphatic carboxylic acids is 1. The highest BCUT2D eigenvalue weighted by molar-refractivity contribution is 5.67. The third kappa shape index (κ3) is 5.26. The van der Waals surface area contributed by atoms with Crippen molar-refractivity contribution in [3.8, 4) is 0 Å². The zero-order valence-electron chi connectivity index (χ0n) is 5.20. The number of hydrogen-bond donors (Lipinski definition) is 2. The normalized spacial score (nSPS) is 13.1. The van der Waals surface area contributed by atoms with Crippen molar-refractivity contribution in [1.82, 2.24) is 0 Å². The molecular weight excluding hydrogens is 124 g/mol. The molecule has 0 amide bonds. The van der Waals surface area contributed by atoms with E-state index in [9.17, 15) is 4.79 Å². The largest absolute Gasteiger partial charge is 0.481 e. The van der Waals surface area contributed by atoms with Crippen molar-refractivity contribution in [1.29, 1.82) is 0 Å². The van der Waals surface area contributed by atoms with Crippen LogP contribution in [0.3, 0.4) is 0 Å². The summed E-state index contributed by atoms with van der Waals surface area (Å²) in [6.45, 7) is 0.0757. The molecule has 0 radical (unpaired) electrons. The van der Waals surface area contributed by atoms with Gasteiger partial charge < -0.3 is 14.9 Å². The highest BCUT2D eigenvalue weighted by atomic mass is 16.5. The van der Waals surface area contributed by atoms with Crippen molar-refractivity contribution >= 4 is 5.97 Å². The van der Waals surface area contributed by atoms with Crippen LogP contribution in [-0.4, -0.2) is 36.0 Å². The fourth-order valence-electron chi connectivity index (χ4n) is 0.453. The number of carboxylic acids is 1. The molecule has 0 aromatic rings. The van der Waals surface area contributed by atoms with Crippen LogP contribution in [0, 0.1) is 0 Å². The molecule has 0 spiro atoms. The van der Waals surface area contributed by atoms with E-state index in [2.05, 4.69) is 4.74 Å². The van der Waals surface area contributed by atoms with Gasteiger partial charge in [0.1, 0.15) is 0 Å². The molecule has 1 atom stereocenters. The van der Waals surface area contributed by atoms with Crippen molar-refractivity contribution in [3.05, 3.63) is 0 Å². The highest BCUT2D eigenvalue weighted by Gasteiger charge is 2.07. The molecule has 4 heteroatoms. The van der Waals surface area contributed by atoms with Crippen LogP contribution in [0.2, 0.25) is 0 Å². The lowest BCUT2D eigenvalue weighted by molar-refractivity contribution is -0.139. The second kappa shape index (κ2) is 4.29. The predicted molar refractivity (Wildman–Crippen MR) is 30.1 cm³/mol. The van der Waals surface area contributed by atoms with Gasteiger partial charge in [-0.1, -0.05) is 0 Å². The third-order valence-corrected chi connectivity index (χ3v) is 0.769. The Kier molecular flexibility index (Phi) is 4.00. The van der Waals surface area contributed by atoms with Crippen molar-refractivity contribution in [2.75, 3.05) is 13.7 Å². The van der Waals surface area contributed by atoms with Crippen LogP contribution in [0.15, 0.2) is 0 Å². The Hall–Kier alpha value is -0.610. The van der Waals surface area contributed by atoms with E-state index in [0.29, 0.717) is 0 Å². The summed E-state index contributed by atoms with van der Waals surface area (Å²) in [7, 11) is 1.41. The number of carboxylic acid groups (broad SMARTS) is 1. The average Bonchev–Trinajstić information content (AvgIpc) is 1.63. The lowest BCUT2D eigenvalue weighted by Crippen LogP contribution is -2.18. The van der Waals surface area contributed by atoms with Gasteiger partial charge in [0.25, 0.3) is 0 Å². The molecule has 9 heavy (non-hydrogen) atoms. The smallest absolute Gasteiger partial charge is 0.306 e. The minimum atomic E-state index is -1.01. The van der Waals surface area contributed by atoms with Gasteiger partial charge >= 0.3 is 5.97 Å². The van der Waals surface area contributed by atoms with E-state index in [4.69, 9.17) is 10.2 Å². The van der Waals surface area contributed by atoms with Crippen LogP contribution < -0.4 is 0 Å². The van der Waals surface area contributed by atoms with E-state index in [0.717, 1.165) is 0 Å². The van der Waals surface area contributed by atoms with Gasteiger partial charge in [0, 0.05) is 7.11 Å². The van der Waals surface area contributed by atoms with Crippen molar-refractivity contribution in [2.24, 2.45) is 0 Å². The molecule has 0 aliphatic heterocycles. The van der Waals surface area contributed by atoms with Crippen LogP contribution in [0.1, 0.15) is 6.42 Å². The molecule has 0 fully saturated rings. The first-order valence-electron chi connectivity index (χ1n) is 2.55. The van der Waals surface area contributed by atoms with Crippen LogP contribution in [0.5, 0.6) is 0 Å². The Balaban J connectivity index is 3.26. The summed E-state index contributed by atoms with van der Waals surface area (Å²) in [4.78, 5) is 9.87. The Labute approximate surface area is 53.1 Å². The maximum absolute atomic E-state index is 9.87. The summed E-state index contributed by atoms with van der Waals surface area (Å²) in [6.07, 6.45) is -1.14. The number of methoxy groups -OCH3 is 1. The van der Waals surface area contributed by atoms with E-state index in [1.165, 1.54) is 7.11 Å². The molecule has 2 N–H and O–H groups in total. The highest BCUT2D eigenvalue weighted by Crippen LogP contribution is 1.90. The van der Waals surface area contributed by atoms with E-state index >= 15 is 0 Å². The molecule has 0 saturated heterocycles. The summed E-state index contributed by atoms with van der Waals surface area (Å²) < 4.78 is 4.49. The quantitative estimate of drug-likeness (QED) is 0.542. The van der Waals surface area contributed by atoms with E-state index in [-0.39, 0.29) is 13.0 Å². The maximum atomic E-state index is 9.87. The molecule has 0 aliphatic rings. The second-order valence-corrected chi connectivity index (χ2v) is 1.71. The first kappa shape index (κ1) is 8.39. The summed E-state index contributed by atoms with van der Waals surface area (Å²) in [5.41, 5.74) is 0. The zero-order chi connectivity index (χ0) is 7.28. The van der Waals surface area contributed by atoms with Gasteiger partial charge in [-0.3, -0.25) is 4.79 Å². The molecule has 0 saturated carbocycles. The molecular formula is C5H10O4. The Morgan fingerprint density at radius 1 is 1.78 bits per heavy atom. The Morgan fingerprint density at radius 2 is 2.33 bits per heavy atom.